The molecule has 0 aromatic carbocycles. The van der Waals surface area contributed by atoms with Crippen LogP contribution in [0.4, 0.5) is 0 Å². The van der Waals surface area contributed by atoms with E-state index >= 15 is 0 Å². The molecule has 1 aliphatic rings. The van der Waals surface area contributed by atoms with Gasteiger partial charge in [-0.05, 0) is 19.1 Å². The minimum absolute atomic E-state index is 0.141. The predicted molar refractivity (Wildman–Crippen MR) is 66.4 cm³/mol. The predicted octanol–water partition coefficient (Wildman–Crippen LogP) is -3.92. The summed E-state index contributed by atoms with van der Waals surface area (Å²) in [5.74, 6) is -0.834. The summed E-state index contributed by atoms with van der Waals surface area (Å²) in [5.41, 5.74) is 7.41. The summed E-state index contributed by atoms with van der Waals surface area (Å²) in [4.78, 5) is 11.4. The molecule has 0 aromatic heterocycles. The molecule has 0 aromatic rings. The second kappa shape index (κ2) is 6.05. The van der Waals surface area contributed by atoms with Crippen molar-refractivity contribution >= 4 is 23.1 Å². The number of thiocarbonyl (C=S) groups is 1. The van der Waals surface area contributed by atoms with E-state index in [1.807, 2.05) is 0 Å². The van der Waals surface area contributed by atoms with E-state index in [1.54, 1.807) is 0 Å². The van der Waals surface area contributed by atoms with Crippen LogP contribution in [0.1, 0.15) is 6.92 Å². The number of rotatable bonds is 4. The van der Waals surface area contributed by atoms with Gasteiger partial charge in [0.2, 0.25) is 0 Å². The van der Waals surface area contributed by atoms with Gasteiger partial charge in [0.05, 0.1) is 6.61 Å². The van der Waals surface area contributed by atoms with Crippen LogP contribution in [-0.2, 0) is 9.53 Å². The molecule has 1 rings (SSSR count). The molecule has 110 valence electrons. The molecule has 1 unspecified atom stereocenters. The van der Waals surface area contributed by atoms with E-state index in [9.17, 15) is 20.1 Å². The average Bonchev–Trinajstić information content (AvgIpc) is 2.34. The lowest BCUT2D eigenvalue weighted by atomic mass is 9.81. The molecule has 5 atom stereocenters. The highest BCUT2D eigenvalue weighted by atomic mass is 32.1. The molecule has 1 heterocycles. The Bertz CT molecular complexity index is 366. The molecule has 10 heteroatoms. The van der Waals surface area contributed by atoms with Crippen LogP contribution < -0.4 is 16.6 Å². The quantitative estimate of drug-likeness (QED) is 0.202. The van der Waals surface area contributed by atoms with Crippen molar-refractivity contribution in [2.24, 2.45) is 5.73 Å². The number of Topliss-reactive ketones (excluding diaryl/α,β-unsaturated/α-hetero) is 1. The summed E-state index contributed by atoms with van der Waals surface area (Å²) in [6, 6.07) is 0. The Kier molecular flexibility index (Phi) is 5.15. The van der Waals surface area contributed by atoms with Gasteiger partial charge in [-0.2, -0.15) is 0 Å². The van der Waals surface area contributed by atoms with Crippen molar-refractivity contribution in [2.75, 3.05) is 6.61 Å². The maximum absolute atomic E-state index is 11.4. The second-order valence-electron chi connectivity index (χ2n) is 4.18. The number of ether oxygens (including phenoxy) is 1. The van der Waals surface area contributed by atoms with Crippen LogP contribution >= 0.6 is 12.2 Å². The molecule has 0 amide bonds. The highest BCUT2D eigenvalue weighted by molar-refractivity contribution is 7.80. The van der Waals surface area contributed by atoms with Crippen LogP contribution in [-0.4, -0.2) is 68.1 Å². The Morgan fingerprint density at radius 1 is 1.53 bits per heavy atom. The Labute approximate surface area is 114 Å². The molecule has 0 saturated carbocycles. The van der Waals surface area contributed by atoms with Crippen LogP contribution in [0.25, 0.3) is 0 Å². The molecule has 0 radical (unpaired) electrons. The van der Waals surface area contributed by atoms with Gasteiger partial charge in [0, 0.05) is 0 Å². The maximum Gasteiger partial charge on any atom is 0.179 e. The van der Waals surface area contributed by atoms with Gasteiger partial charge >= 0.3 is 0 Å². The van der Waals surface area contributed by atoms with Crippen molar-refractivity contribution in [3.8, 4) is 0 Å². The standard InChI is InChI=1S/C9H17N3O6S/c1-3(14)9(17)4(2-13)18-7(5(15)6(9)16)11-12-8(10)19/h4-7,11,13,15-17H,2H2,1H3,(H3,10,12,19)/t4-,5-,6-,7?,9+/m1/s1. The van der Waals surface area contributed by atoms with Crippen molar-refractivity contribution in [1.82, 2.24) is 10.9 Å². The molecule has 8 N–H and O–H groups in total. The van der Waals surface area contributed by atoms with E-state index in [2.05, 4.69) is 23.1 Å². The minimum atomic E-state index is -2.39. The Balaban J connectivity index is 2.91. The highest BCUT2D eigenvalue weighted by Gasteiger charge is 2.57. The normalized spacial score (nSPS) is 38.8. The van der Waals surface area contributed by atoms with E-state index in [0.29, 0.717) is 0 Å². The first-order valence-electron chi connectivity index (χ1n) is 5.42. The van der Waals surface area contributed by atoms with Crippen LogP contribution in [0.15, 0.2) is 0 Å². The number of carbonyl (C=O) groups excluding carboxylic acids is 1. The maximum atomic E-state index is 11.4. The van der Waals surface area contributed by atoms with Gasteiger partial charge in [-0.25, -0.2) is 5.43 Å². The Morgan fingerprint density at radius 3 is 2.53 bits per heavy atom. The van der Waals surface area contributed by atoms with Gasteiger partial charge in [-0.15, -0.1) is 0 Å². The zero-order chi connectivity index (χ0) is 14.8. The lowest BCUT2D eigenvalue weighted by Crippen LogP contribution is -2.73. The van der Waals surface area contributed by atoms with Gasteiger partial charge in [-0.1, -0.05) is 0 Å². The number of hydrogen-bond donors (Lipinski definition) is 7. The van der Waals surface area contributed by atoms with Gasteiger partial charge in [0.25, 0.3) is 0 Å². The molecule has 9 nitrogen and oxygen atoms in total. The molecule has 19 heavy (non-hydrogen) atoms. The third-order valence-electron chi connectivity index (χ3n) is 2.95. The molecule has 1 fully saturated rings. The number of nitrogens with two attached hydrogens (primary N) is 1. The summed E-state index contributed by atoms with van der Waals surface area (Å²) in [6.07, 6.45) is -6.12. The first-order valence-corrected chi connectivity index (χ1v) is 5.82. The number of nitrogens with one attached hydrogen (secondary N) is 2. The van der Waals surface area contributed by atoms with E-state index in [4.69, 9.17) is 15.6 Å². The van der Waals surface area contributed by atoms with Crippen LogP contribution in [0.5, 0.6) is 0 Å². The monoisotopic (exact) mass is 295 g/mol. The highest BCUT2D eigenvalue weighted by Crippen LogP contribution is 2.29. The van der Waals surface area contributed by atoms with Crippen molar-refractivity contribution in [3.05, 3.63) is 0 Å². The lowest BCUT2D eigenvalue weighted by molar-refractivity contribution is -0.272. The van der Waals surface area contributed by atoms with E-state index in [-0.39, 0.29) is 5.11 Å². The lowest BCUT2D eigenvalue weighted by Gasteiger charge is -2.46. The van der Waals surface area contributed by atoms with E-state index in [0.717, 1.165) is 6.92 Å². The topological polar surface area (TPSA) is 157 Å². The largest absolute Gasteiger partial charge is 0.394 e. The number of hydrazine groups is 1. The number of aliphatic hydroxyl groups is 4. The number of ketones is 1. The summed E-state index contributed by atoms with van der Waals surface area (Å²) in [7, 11) is 0. The SMILES string of the molecule is CC(=O)[C@@]1(O)[C@H](O)[C@@H](O)C(NNC(N)=S)O[C@@H]1CO. The molecular formula is C9H17N3O6S. The minimum Gasteiger partial charge on any atom is -0.394 e. The zero-order valence-electron chi connectivity index (χ0n) is 10.1. The molecule has 1 aliphatic heterocycles. The molecule has 1 saturated heterocycles. The third kappa shape index (κ3) is 3.00. The number of hydrogen-bond acceptors (Lipinski definition) is 8. The van der Waals surface area contributed by atoms with Gasteiger partial charge in [-0.3, -0.25) is 10.2 Å². The van der Waals surface area contributed by atoms with Gasteiger partial charge < -0.3 is 30.9 Å². The van der Waals surface area contributed by atoms with Crippen LogP contribution in [0.2, 0.25) is 0 Å². The van der Waals surface area contributed by atoms with Gasteiger partial charge in [0.1, 0.15) is 18.3 Å². The van der Waals surface area contributed by atoms with Crippen molar-refractivity contribution in [3.63, 3.8) is 0 Å². The summed E-state index contributed by atoms with van der Waals surface area (Å²) >= 11 is 4.53. The second-order valence-corrected chi connectivity index (χ2v) is 4.62. The summed E-state index contributed by atoms with van der Waals surface area (Å²) in [6.45, 7) is 0.286. The molecule has 0 bridgehead atoms. The molecule has 0 spiro atoms. The smallest absolute Gasteiger partial charge is 0.179 e. The van der Waals surface area contributed by atoms with Crippen LogP contribution in [0, 0.1) is 0 Å². The fraction of sp³-hybridized carbons (Fsp3) is 0.778. The third-order valence-corrected chi connectivity index (χ3v) is 3.06. The van der Waals surface area contributed by atoms with E-state index in [1.165, 1.54) is 0 Å². The Hall–Kier alpha value is -0.880. The molecule has 0 aliphatic carbocycles. The van der Waals surface area contributed by atoms with Gasteiger partial charge in [0.15, 0.2) is 22.7 Å². The number of carbonyl (C=O) groups is 1. The van der Waals surface area contributed by atoms with Crippen molar-refractivity contribution in [1.29, 1.82) is 0 Å². The number of aliphatic hydroxyl groups excluding tert-OH is 3. The van der Waals surface area contributed by atoms with Crippen molar-refractivity contribution in [2.45, 2.75) is 37.1 Å². The zero-order valence-corrected chi connectivity index (χ0v) is 10.9. The van der Waals surface area contributed by atoms with Crippen LogP contribution in [0.3, 0.4) is 0 Å². The Morgan fingerprint density at radius 2 is 2.11 bits per heavy atom. The van der Waals surface area contributed by atoms with Crippen molar-refractivity contribution < 1.29 is 30.0 Å². The summed E-state index contributed by atoms with van der Waals surface area (Å²) in [5, 5.41) is 38.8. The fourth-order valence-corrected chi connectivity index (χ4v) is 1.92. The average molecular weight is 295 g/mol. The first kappa shape index (κ1) is 16.2. The fourth-order valence-electron chi connectivity index (χ4n) is 1.86. The summed E-state index contributed by atoms with van der Waals surface area (Å²) < 4.78 is 5.13. The first-order chi connectivity index (χ1) is 8.75. The molecular weight excluding hydrogens is 278 g/mol. The van der Waals surface area contributed by atoms with E-state index < -0.39 is 42.5 Å².